The molecule has 0 unspecified atom stereocenters. The molecule has 0 saturated carbocycles. The van der Waals surface area contributed by atoms with Gasteiger partial charge in [-0.2, -0.15) is 22.0 Å². The van der Waals surface area contributed by atoms with Gasteiger partial charge in [0.1, 0.15) is 11.5 Å². The van der Waals surface area contributed by atoms with Crippen LogP contribution in [0.3, 0.4) is 0 Å². The Balaban J connectivity index is 1.59. The van der Waals surface area contributed by atoms with E-state index in [1.165, 1.54) is 48.5 Å². The fourth-order valence-corrected chi connectivity index (χ4v) is 3.41. The molecular weight excluding hydrogens is 555 g/mol. The number of carboxylic acids is 1. The summed E-state index contributed by atoms with van der Waals surface area (Å²) in [6.45, 7) is 0. The molecule has 0 heterocycles. The fraction of sp³-hybridized carbons (Fsp3) is 0.179. The SMILES string of the molecule is Nc1ccc(C/C(=C\c2ccc(OC(=O)c3ccc(OC(=O)CCC(F)(F)C(F)(F)F)cc3)cc2)C(=O)O)c(N)c1. The van der Waals surface area contributed by atoms with Gasteiger partial charge in [-0.25, -0.2) is 9.59 Å². The van der Waals surface area contributed by atoms with Gasteiger partial charge in [-0.1, -0.05) is 18.2 Å². The third-order valence-electron chi connectivity index (χ3n) is 5.64. The van der Waals surface area contributed by atoms with Crippen LogP contribution in [0.15, 0.2) is 72.3 Å². The van der Waals surface area contributed by atoms with E-state index in [9.17, 15) is 41.4 Å². The third-order valence-corrected chi connectivity index (χ3v) is 5.64. The first-order valence-corrected chi connectivity index (χ1v) is 11.8. The third kappa shape index (κ3) is 8.52. The van der Waals surface area contributed by atoms with Gasteiger partial charge in [0.15, 0.2) is 0 Å². The number of ether oxygens (including phenoxy) is 2. The number of carboxylic acid groups (broad SMARTS) is 1. The van der Waals surface area contributed by atoms with Gasteiger partial charge >= 0.3 is 30.0 Å². The van der Waals surface area contributed by atoms with Gasteiger partial charge in [-0.15, -0.1) is 0 Å². The molecule has 0 aliphatic heterocycles. The Bertz CT molecular complexity index is 1450. The Labute approximate surface area is 230 Å². The average molecular weight is 578 g/mol. The normalized spacial score (nSPS) is 12.1. The number of anilines is 2. The summed E-state index contributed by atoms with van der Waals surface area (Å²) >= 11 is 0. The van der Waals surface area contributed by atoms with E-state index in [1.54, 1.807) is 12.1 Å². The highest BCUT2D eigenvalue weighted by molar-refractivity contribution is 5.93. The Morgan fingerprint density at radius 1 is 0.829 bits per heavy atom. The van der Waals surface area contributed by atoms with Crippen molar-refractivity contribution < 1.29 is 50.9 Å². The average Bonchev–Trinajstić information content (AvgIpc) is 2.89. The Morgan fingerprint density at radius 2 is 1.41 bits per heavy atom. The summed E-state index contributed by atoms with van der Waals surface area (Å²) in [7, 11) is 0. The topological polar surface area (TPSA) is 142 Å². The lowest BCUT2D eigenvalue weighted by Gasteiger charge is -2.18. The van der Waals surface area contributed by atoms with Crippen molar-refractivity contribution >= 4 is 35.4 Å². The van der Waals surface area contributed by atoms with Gasteiger partial charge in [0.25, 0.3) is 0 Å². The Kier molecular flexibility index (Phi) is 9.32. The van der Waals surface area contributed by atoms with E-state index in [0.29, 0.717) is 22.5 Å². The molecule has 0 atom stereocenters. The molecule has 0 saturated heterocycles. The summed E-state index contributed by atoms with van der Waals surface area (Å²) in [5.74, 6) is -8.33. The van der Waals surface area contributed by atoms with Gasteiger partial charge in [0, 0.05) is 29.8 Å². The second-order valence-electron chi connectivity index (χ2n) is 8.77. The van der Waals surface area contributed by atoms with Crippen LogP contribution in [0.4, 0.5) is 33.3 Å². The van der Waals surface area contributed by atoms with Crippen LogP contribution in [0.25, 0.3) is 6.08 Å². The van der Waals surface area contributed by atoms with Crippen molar-refractivity contribution in [1.29, 1.82) is 0 Å². The van der Waals surface area contributed by atoms with Gasteiger partial charge in [0.05, 0.1) is 12.0 Å². The summed E-state index contributed by atoms with van der Waals surface area (Å²) in [5, 5.41) is 9.59. The van der Waals surface area contributed by atoms with E-state index >= 15 is 0 Å². The van der Waals surface area contributed by atoms with Crippen molar-refractivity contribution in [2.24, 2.45) is 0 Å². The fourth-order valence-electron chi connectivity index (χ4n) is 3.41. The first kappa shape index (κ1) is 30.6. The molecule has 0 spiro atoms. The number of carbonyl (C=O) groups is 3. The summed E-state index contributed by atoms with van der Waals surface area (Å²) in [4.78, 5) is 35.8. The lowest BCUT2D eigenvalue weighted by molar-refractivity contribution is -0.284. The van der Waals surface area contributed by atoms with Crippen molar-refractivity contribution in [3.63, 3.8) is 0 Å². The molecule has 0 fully saturated rings. The molecule has 41 heavy (non-hydrogen) atoms. The minimum atomic E-state index is -5.78. The highest BCUT2D eigenvalue weighted by Crippen LogP contribution is 2.38. The zero-order valence-corrected chi connectivity index (χ0v) is 21.1. The molecule has 3 rings (SSSR count). The number of nitrogens with two attached hydrogens (primary N) is 2. The largest absolute Gasteiger partial charge is 0.478 e. The number of rotatable bonds is 10. The number of alkyl halides is 5. The number of hydrogen-bond acceptors (Lipinski definition) is 7. The van der Waals surface area contributed by atoms with E-state index in [0.717, 1.165) is 12.1 Å². The zero-order valence-electron chi connectivity index (χ0n) is 21.1. The van der Waals surface area contributed by atoms with Crippen molar-refractivity contribution in [1.82, 2.24) is 0 Å². The van der Waals surface area contributed by atoms with E-state index in [-0.39, 0.29) is 29.1 Å². The molecule has 0 aliphatic rings. The van der Waals surface area contributed by atoms with Crippen molar-refractivity contribution in [2.75, 3.05) is 11.5 Å². The molecular formula is C28H23F5N2O6. The Hall–Kier alpha value is -4.94. The second kappa shape index (κ2) is 12.5. The predicted octanol–water partition coefficient (Wildman–Crippen LogP) is 5.66. The summed E-state index contributed by atoms with van der Waals surface area (Å²) in [6, 6.07) is 15.4. The summed E-state index contributed by atoms with van der Waals surface area (Å²) in [6.07, 6.45) is -7.23. The second-order valence-corrected chi connectivity index (χ2v) is 8.77. The molecule has 3 aromatic carbocycles. The highest BCUT2D eigenvalue weighted by Gasteiger charge is 2.57. The van der Waals surface area contributed by atoms with Crippen molar-refractivity contribution in [2.45, 2.75) is 31.4 Å². The maximum Gasteiger partial charge on any atom is 0.453 e. The standard InChI is InChI=1S/C28H23F5N2O6/c29-27(30,28(31,32)33)12-11-24(36)40-21-9-4-17(5-10-21)26(39)41-22-7-1-16(2-8-22)13-19(25(37)38)14-18-3-6-20(34)15-23(18)35/h1-10,13,15H,11-12,14,34-35H2,(H,37,38)/b19-13+. The van der Waals surface area contributed by atoms with Crippen molar-refractivity contribution in [3.8, 4) is 11.5 Å². The van der Waals surface area contributed by atoms with E-state index in [4.69, 9.17) is 20.9 Å². The van der Waals surface area contributed by atoms with E-state index < -0.39 is 42.8 Å². The monoisotopic (exact) mass is 578 g/mol. The van der Waals surface area contributed by atoms with Crippen LogP contribution in [0.2, 0.25) is 0 Å². The number of hydrogen-bond donors (Lipinski definition) is 3. The lowest BCUT2D eigenvalue weighted by atomic mass is 10.0. The molecule has 0 radical (unpaired) electrons. The molecule has 0 bridgehead atoms. The van der Waals surface area contributed by atoms with Crippen LogP contribution in [-0.4, -0.2) is 35.1 Å². The minimum Gasteiger partial charge on any atom is -0.478 e. The van der Waals surface area contributed by atoms with Gasteiger partial charge in [-0.3, -0.25) is 4.79 Å². The van der Waals surface area contributed by atoms with Gasteiger partial charge < -0.3 is 26.0 Å². The molecule has 13 heteroatoms. The molecule has 3 aromatic rings. The maximum absolute atomic E-state index is 12.9. The summed E-state index contributed by atoms with van der Waals surface area (Å²) < 4.78 is 72.5. The highest BCUT2D eigenvalue weighted by atomic mass is 19.4. The number of aliphatic carboxylic acids is 1. The quantitative estimate of drug-likeness (QED) is 0.0920. The first-order chi connectivity index (χ1) is 19.1. The van der Waals surface area contributed by atoms with E-state index in [2.05, 4.69) is 0 Å². The predicted molar refractivity (Wildman–Crippen MR) is 138 cm³/mol. The van der Waals surface area contributed by atoms with Crippen LogP contribution in [-0.2, 0) is 16.0 Å². The molecule has 0 aromatic heterocycles. The number of esters is 2. The summed E-state index contributed by atoms with van der Waals surface area (Å²) in [5.41, 5.74) is 13.6. The van der Waals surface area contributed by atoms with Gasteiger partial charge in [-0.05, 0) is 65.7 Å². The Morgan fingerprint density at radius 3 is 1.98 bits per heavy atom. The molecule has 0 aliphatic carbocycles. The lowest BCUT2D eigenvalue weighted by Crippen LogP contribution is -2.37. The van der Waals surface area contributed by atoms with E-state index in [1.807, 2.05) is 0 Å². The van der Waals surface area contributed by atoms with Crippen LogP contribution in [0.1, 0.15) is 34.3 Å². The first-order valence-electron chi connectivity index (χ1n) is 11.8. The van der Waals surface area contributed by atoms with Gasteiger partial charge in [0.2, 0.25) is 0 Å². The smallest absolute Gasteiger partial charge is 0.453 e. The van der Waals surface area contributed by atoms with Crippen LogP contribution in [0.5, 0.6) is 11.5 Å². The zero-order chi connectivity index (χ0) is 30.4. The van der Waals surface area contributed by atoms with Crippen LogP contribution in [0, 0.1) is 0 Å². The molecule has 0 amide bonds. The molecule has 8 nitrogen and oxygen atoms in total. The maximum atomic E-state index is 12.9. The number of benzene rings is 3. The van der Waals surface area contributed by atoms with Crippen LogP contribution < -0.4 is 20.9 Å². The molecule has 216 valence electrons. The number of halogens is 5. The minimum absolute atomic E-state index is 0.0200. The van der Waals surface area contributed by atoms with Crippen molar-refractivity contribution in [3.05, 3.63) is 89.0 Å². The van der Waals surface area contributed by atoms with Crippen LogP contribution >= 0.6 is 0 Å². The number of carbonyl (C=O) groups excluding carboxylic acids is 2. The molecule has 5 N–H and O–H groups in total. The number of nitrogen functional groups attached to an aromatic ring is 2.